The summed E-state index contributed by atoms with van der Waals surface area (Å²) in [6.07, 6.45) is 0. The van der Waals surface area contributed by atoms with Gasteiger partial charge in [0, 0.05) is 6.07 Å². The summed E-state index contributed by atoms with van der Waals surface area (Å²) in [7, 11) is -0.0338. The van der Waals surface area contributed by atoms with Crippen LogP contribution in [0, 0.1) is 17.0 Å². The number of nitro groups is 1. The smallest absolute Gasteiger partial charge is 0.312 e. The zero-order valence-corrected chi connectivity index (χ0v) is 15.7. The molecule has 0 saturated heterocycles. The highest BCUT2D eigenvalue weighted by Crippen LogP contribution is 2.34. The molecule has 0 aliphatic heterocycles. The monoisotopic (exact) mass is 380 g/mol. The van der Waals surface area contributed by atoms with Gasteiger partial charge in [0.25, 0.3) is 0 Å². The number of nitrogens with one attached hydrogen (secondary N) is 2. The first-order chi connectivity index (χ1) is 12.2. The lowest BCUT2D eigenvalue weighted by molar-refractivity contribution is -0.856. The molecule has 0 aliphatic carbocycles. The summed E-state index contributed by atoms with van der Waals surface area (Å²) in [4.78, 5) is 11.6. The van der Waals surface area contributed by atoms with Crippen LogP contribution in [0.2, 0.25) is 0 Å². The second kappa shape index (κ2) is 8.26. The number of likely N-dealkylation sites (N-methyl/N-ethyl adjacent to an activating group) is 1. The van der Waals surface area contributed by atoms with Gasteiger partial charge < -0.3 is 9.64 Å². The number of para-hydroxylation sites is 1. The van der Waals surface area contributed by atoms with Crippen LogP contribution in [0.15, 0.2) is 47.4 Å². The van der Waals surface area contributed by atoms with Gasteiger partial charge in [-0.05, 0) is 30.7 Å². The molecule has 0 amide bonds. The van der Waals surface area contributed by atoms with E-state index in [1.807, 2.05) is 33.2 Å². The number of rotatable bonds is 8. The Morgan fingerprint density at radius 2 is 1.85 bits per heavy atom. The van der Waals surface area contributed by atoms with Crippen molar-refractivity contribution in [3.63, 3.8) is 0 Å². The van der Waals surface area contributed by atoms with E-state index in [1.165, 1.54) is 12.1 Å². The first-order valence-corrected chi connectivity index (χ1v) is 9.49. The number of nitro benzene ring substituents is 1. The molecular weight excluding hydrogens is 358 g/mol. The van der Waals surface area contributed by atoms with Crippen molar-refractivity contribution in [1.82, 2.24) is 4.72 Å². The van der Waals surface area contributed by atoms with Crippen LogP contribution >= 0.6 is 0 Å². The van der Waals surface area contributed by atoms with Crippen LogP contribution in [-0.2, 0) is 10.0 Å². The minimum Gasteiger partial charge on any atom is -0.450 e. The van der Waals surface area contributed by atoms with E-state index in [4.69, 9.17) is 4.74 Å². The normalized spacial score (nSPS) is 11.5. The van der Waals surface area contributed by atoms with Crippen molar-refractivity contribution < 1.29 is 23.0 Å². The minimum absolute atomic E-state index is 0.0130. The van der Waals surface area contributed by atoms with Crippen molar-refractivity contribution in [2.24, 2.45) is 0 Å². The molecule has 0 bridgehead atoms. The SMILES string of the molecule is Cc1ccccc1Oc1ccc(S(=O)(=O)NCC[NH+](C)C)cc1[N+](=O)[O-]. The van der Waals surface area contributed by atoms with Crippen molar-refractivity contribution in [2.45, 2.75) is 11.8 Å². The van der Waals surface area contributed by atoms with Gasteiger partial charge in [0.05, 0.1) is 37.0 Å². The van der Waals surface area contributed by atoms with E-state index in [-0.39, 0.29) is 17.2 Å². The number of hydrogen-bond donors (Lipinski definition) is 2. The molecule has 0 aromatic heterocycles. The number of sulfonamides is 1. The zero-order chi connectivity index (χ0) is 19.3. The van der Waals surface area contributed by atoms with E-state index in [2.05, 4.69) is 4.72 Å². The summed E-state index contributed by atoms with van der Waals surface area (Å²) >= 11 is 0. The summed E-state index contributed by atoms with van der Waals surface area (Å²) in [6.45, 7) is 2.65. The lowest BCUT2D eigenvalue weighted by Gasteiger charge is -2.11. The standard InChI is InChI=1S/C17H21N3O5S/c1-13-6-4-5-7-16(13)25-17-9-8-14(12-15(17)20(21)22)26(23,24)18-10-11-19(2)3/h4-9,12,18H,10-11H2,1-3H3/p+1. The molecular formula is C17H22N3O5S+. The molecule has 0 saturated carbocycles. The summed E-state index contributed by atoms with van der Waals surface area (Å²) in [5, 5.41) is 11.4. The van der Waals surface area contributed by atoms with E-state index in [9.17, 15) is 18.5 Å². The second-order valence-electron chi connectivity index (χ2n) is 6.11. The summed E-state index contributed by atoms with van der Waals surface area (Å²) in [5.74, 6) is 0.458. The van der Waals surface area contributed by atoms with Gasteiger partial charge in [-0.1, -0.05) is 18.2 Å². The third-order valence-corrected chi connectivity index (χ3v) is 5.13. The number of hydrogen-bond acceptors (Lipinski definition) is 5. The van der Waals surface area contributed by atoms with Gasteiger partial charge in [0.15, 0.2) is 0 Å². The molecule has 26 heavy (non-hydrogen) atoms. The molecule has 9 heteroatoms. The predicted octanol–water partition coefficient (Wildman–Crippen LogP) is 1.12. The van der Waals surface area contributed by atoms with Crippen molar-refractivity contribution in [3.05, 3.63) is 58.1 Å². The van der Waals surface area contributed by atoms with Crippen LogP contribution < -0.4 is 14.4 Å². The minimum atomic E-state index is -3.83. The summed E-state index contributed by atoms with van der Waals surface area (Å²) in [5.41, 5.74) is 0.403. The molecule has 0 radical (unpaired) electrons. The molecule has 2 N–H and O–H groups in total. The van der Waals surface area contributed by atoms with Gasteiger partial charge in [0.2, 0.25) is 15.8 Å². The highest BCUT2D eigenvalue weighted by atomic mass is 32.2. The maximum absolute atomic E-state index is 12.3. The molecule has 2 rings (SSSR count). The Morgan fingerprint density at radius 3 is 2.46 bits per heavy atom. The molecule has 140 valence electrons. The van der Waals surface area contributed by atoms with Crippen molar-refractivity contribution in [2.75, 3.05) is 27.2 Å². The van der Waals surface area contributed by atoms with Crippen LogP contribution in [0.4, 0.5) is 5.69 Å². The average molecular weight is 380 g/mol. The number of benzene rings is 2. The van der Waals surface area contributed by atoms with Gasteiger partial charge in [-0.25, -0.2) is 13.1 Å². The van der Waals surface area contributed by atoms with Crippen molar-refractivity contribution in [3.8, 4) is 11.5 Å². The molecule has 8 nitrogen and oxygen atoms in total. The van der Waals surface area contributed by atoms with E-state index in [0.29, 0.717) is 12.3 Å². The molecule has 0 heterocycles. The maximum atomic E-state index is 12.3. The van der Waals surface area contributed by atoms with E-state index in [0.717, 1.165) is 16.5 Å². The molecule has 0 atom stereocenters. The van der Waals surface area contributed by atoms with Crippen LogP contribution in [0.25, 0.3) is 0 Å². The van der Waals surface area contributed by atoms with Crippen LogP contribution in [0.1, 0.15) is 5.56 Å². The van der Waals surface area contributed by atoms with E-state index >= 15 is 0 Å². The zero-order valence-electron chi connectivity index (χ0n) is 14.9. The maximum Gasteiger partial charge on any atom is 0.312 e. The van der Waals surface area contributed by atoms with Crippen molar-refractivity contribution >= 4 is 15.7 Å². The lowest BCUT2D eigenvalue weighted by Crippen LogP contribution is -3.06. The summed E-state index contributed by atoms with van der Waals surface area (Å²) in [6, 6.07) is 10.7. The Hall–Kier alpha value is -2.49. The van der Waals surface area contributed by atoms with Gasteiger partial charge in [-0.3, -0.25) is 10.1 Å². The van der Waals surface area contributed by atoms with Crippen LogP contribution in [0.5, 0.6) is 11.5 Å². The Kier molecular flexibility index (Phi) is 6.30. The largest absolute Gasteiger partial charge is 0.450 e. The molecule has 0 unspecified atom stereocenters. The topological polar surface area (TPSA) is 103 Å². The molecule has 0 aliphatic rings. The fourth-order valence-electron chi connectivity index (χ4n) is 2.20. The van der Waals surface area contributed by atoms with Crippen molar-refractivity contribution in [1.29, 1.82) is 0 Å². The highest BCUT2D eigenvalue weighted by Gasteiger charge is 2.23. The Morgan fingerprint density at radius 1 is 1.15 bits per heavy atom. The first kappa shape index (κ1) is 19.8. The third-order valence-electron chi connectivity index (χ3n) is 3.67. The second-order valence-corrected chi connectivity index (χ2v) is 7.88. The fraction of sp³-hybridized carbons (Fsp3) is 0.294. The number of quaternary nitrogens is 1. The molecule has 0 spiro atoms. The van der Waals surface area contributed by atoms with Gasteiger partial charge in [-0.2, -0.15) is 0 Å². The van der Waals surface area contributed by atoms with Gasteiger partial charge in [0.1, 0.15) is 5.75 Å². The number of aryl methyl sites for hydroxylation is 1. The quantitative estimate of drug-likeness (QED) is 0.528. The Balaban J connectivity index is 2.31. The lowest BCUT2D eigenvalue weighted by atomic mass is 10.2. The number of ether oxygens (including phenoxy) is 1. The highest BCUT2D eigenvalue weighted by molar-refractivity contribution is 7.89. The Bertz CT molecular complexity index is 897. The molecule has 2 aromatic carbocycles. The Labute approximate surface area is 152 Å². The first-order valence-electron chi connectivity index (χ1n) is 8.01. The van der Waals surface area contributed by atoms with E-state index in [1.54, 1.807) is 12.1 Å². The average Bonchev–Trinajstić information content (AvgIpc) is 2.56. The van der Waals surface area contributed by atoms with Crippen LogP contribution in [0.3, 0.4) is 0 Å². The van der Waals surface area contributed by atoms with Gasteiger partial charge >= 0.3 is 5.69 Å². The van der Waals surface area contributed by atoms with E-state index < -0.39 is 20.6 Å². The molecule has 0 fully saturated rings. The molecule has 2 aromatic rings. The third kappa shape index (κ3) is 5.01. The van der Waals surface area contributed by atoms with Gasteiger partial charge in [-0.15, -0.1) is 0 Å². The summed E-state index contributed by atoms with van der Waals surface area (Å²) < 4.78 is 32.7. The number of nitrogens with zero attached hydrogens (tertiary/aromatic N) is 1. The van der Waals surface area contributed by atoms with Crippen LogP contribution in [-0.4, -0.2) is 40.5 Å². The predicted molar refractivity (Wildman–Crippen MR) is 97.2 cm³/mol. The fourth-order valence-corrected chi connectivity index (χ4v) is 3.25.